The first-order valence-electron chi connectivity index (χ1n) is 9.43. The Bertz CT molecular complexity index is 780. The SMILES string of the molecule is COc1ccc([C@@H]2CN(C(=O)OCc3ccccc3)CC[C@H](C)O2)cc1OC. The first kappa shape index (κ1) is 20.0. The highest BCUT2D eigenvalue weighted by Gasteiger charge is 2.28. The molecule has 0 radical (unpaired) electrons. The average molecular weight is 385 g/mol. The van der Waals surface area contributed by atoms with Crippen LogP contribution in [0.25, 0.3) is 0 Å². The monoisotopic (exact) mass is 385 g/mol. The lowest BCUT2D eigenvalue weighted by atomic mass is 10.1. The van der Waals surface area contributed by atoms with E-state index in [9.17, 15) is 4.79 Å². The molecule has 2 atom stereocenters. The van der Waals surface area contributed by atoms with Gasteiger partial charge in [-0.2, -0.15) is 0 Å². The van der Waals surface area contributed by atoms with Gasteiger partial charge in [-0.3, -0.25) is 0 Å². The lowest BCUT2D eigenvalue weighted by molar-refractivity contribution is 0.000785. The van der Waals surface area contributed by atoms with Crippen molar-refractivity contribution >= 4 is 6.09 Å². The predicted molar refractivity (Wildman–Crippen MR) is 106 cm³/mol. The standard InChI is InChI=1S/C22H27NO5/c1-16-11-12-23(22(24)27-15-17-7-5-4-6-8-17)14-21(28-16)18-9-10-19(25-2)20(13-18)26-3/h4-10,13,16,21H,11-12,14-15H2,1-3H3/t16-,21-/m0/s1. The topological polar surface area (TPSA) is 57.2 Å². The van der Waals surface area contributed by atoms with Crippen molar-refractivity contribution < 1.29 is 23.7 Å². The first-order valence-corrected chi connectivity index (χ1v) is 9.43. The van der Waals surface area contributed by atoms with E-state index in [-0.39, 0.29) is 24.9 Å². The van der Waals surface area contributed by atoms with Gasteiger partial charge in [0.1, 0.15) is 12.7 Å². The zero-order chi connectivity index (χ0) is 19.9. The number of ether oxygens (including phenoxy) is 4. The third-order valence-electron chi connectivity index (χ3n) is 4.83. The predicted octanol–water partition coefficient (Wildman–Crippen LogP) is 4.19. The second kappa shape index (κ2) is 9.46. The van der Waals surface area contributed by atoms with Crippen LogP contribution in [0.1, 0.15) is 30.6 Å². The Morgan fingerprint density at radius 3 is 2.57 bits per heavy atom. The van der Waals surface area contributed by atoms with Crippen LogP contribution in [-0.2, 0) is 16.1 Å². The zero-order valence-corrected chi connectivity index (χ0v) is 16.6. The highest BCUT2D eigenvalue weighted by atomic mass is 16.6. The molecule has 0 aliphatic carbocycles. The molecule has 28 heavy (non-hydrogen) atoms. The van der Waals surface area contributed by atoms with Gasteiger partial charge in [-0.05, 0) is 36.6 Å². The van der Waals surface area contributed by atoms with E-state index < -0.39 is 0 Å². The molecule has 2 aromatic carbocycles. The number of hydrogen-bond donors (Lipinski definition) is 0. The van der Waals surface area contributed by atoms with Gasteiger partial charge in [0.15, 0.2) is 11.5 Å². The Kier molecular flexibility index (Phi) is 6.76. The second-order valence-corrected chi connectivity index (χ2v) is 6.82. The lowest BCUT2D eigenvalue weighted by Gasteiger charge is -2.24. The van der Waals surface area contributed by atoms with Crippen LogP contribution in [0.2, 0.25) is 0 Å². The number of hydrogen-bond acceptors (Lipinski definition) is 5. The van der Waals surface area contributed by atoms with Crippen molar-refractivity contribution in [2.24, 2.45) is 0 Å². The molecule has 0 spiro atoms. The summed E-state index contributed by atoms with van der Waals surface area (Å²) in [4.78, 5) is 14.4. The van der Waals surface area contributed by atoms with Crippen LogP contribution in [0, 0.1) is 0 Å². The van der Waals surface area contributed by atoms with Gasteiger partial charge in [0, 0.05) is 6.54 Å². The Morgan fingerprint density at radius 1 is 1.11 bits per heavy atom. The number of benzene rings is 2. The lowest BCUT2D eigenvalue weighted by Crippen LogP contribution is -2.34. The summed E-state index contributed by atoms with van der Waals surface area (Å²) in [5, 5.41) is 0. The number of carbonyl (C=O) groups excluding carboxylic acids is 1. The Morgan fingerprint density at radius 2 is 1.86 bits per heavy atom. The van der Waals surface area contributed by atoms with Crippen LogP contribution in [0.5, 0.6) is 11.5 Å². The number of amides is 1. The molecule has 3 rings (SSSR count). The Balaban J connectivity index is 1.71. The van der Waals surface area contributed by atoms with E-state index in [1.807, 2.05) is 55.5 Å². The smallest absolute Gasteiger partial charge is 0.410 e. The quantitative estimate of drug-likeness (QED) is 0.772. The fraction of sp³-hybridized carbons (Fsp3) is 0.409. The molecule has 1 saturated heterocycles. The molecule has 1 heterocycles. The maximum absolute atomic E-state index is 12.6. The van der Waals surface area contributed by atoms with Crippen molar-refractivity contribution in [1.29, 1.82) is 0 Å². The summed E-state index contributed by atoms with van der Waals surface area (Å²) in [6.07, 6.45) is 0.197. The van der Waals surface area contributed by atoms with Crippen molar-refractivity contribution in [1.82, 2.24) is 4.90 Å². The largest absolute Gasteiger partial charge is 0.493 e. The minimum absolute atomic E-state index is 0.0324. The minimum atomic E-state index is -0.327. The maximum Gasteiger partial charge on any atom is 0.410 e. The zero-order valence-electron chi connectivity index (χ0n) is 16.6. The van der Waals surface area contributed by atoms with Crippen LogP contribution in [0.4, 0.5) is 4.79 Å². The van der Waals surface area contributed by atoms with Crippen LogP contribution in [0.15, 0.2) is 48.5 Å². The molecule has 0 N–H and O–H groups in total. The molecule has 150 valence electrons. The average Bonchev–Trinajstić information content (AvgIpc) is 2.94. The summed E-state index contributed by atoms with van der Waals surface area (Å²) in [7, 11) is 3.21. The van der Waals surface area contributed by atoms with Crippen LogP contribution in [0.3, 0.4) is 0 Å². The van der Waals surface area contributed by atoms with Gasteiger partial charge < -0.3 is 23.8 Å². The van der Waals surface area contributed by atoms with Crippen molar-refractivity contribution in [3.63, 3.8) is 0 Å². The molecule has 1 amide bonds. The summed E-state index contributed by atoms with van der Waals surface area (Å²) < 4.78 is 22.4. The van der Waals surface area contributed by atoms with Crippen molar-refractivity contribution in [2.45, 2.75) is 32.2 Å². The van der Waals surface area contributed by atoms with Gasteiger partial charge in [-0.25, -0.2) is 4.79 Å². The van der Waals surface area contributed by atoms with Crippen molar-refractivity contribution in [3.05, 3.63) is 59.7 Å². The Labute approximate surface area is 166 Å². The number of carbonyl (C=O) groups is 1. The van der Waals surface area contributed by atoms with E-state index in [0.717, 1.165) is 17.5 Å². The summed E-state index contributed by atoms with van der Waals surface area (Å²) in [5.41, 5.74) is 1.90. The first-order chi connectivity index (χ1) is 13.6. The normalized spacial score (nSPS) is 19.6. The highest BCUT2D eigenvalue weighted by molar-refractivity contribution is 5.67. The molecule has 0 bridgehead atoms. The summed E-state index contributed by atoms with van der Waals surface area (Å²) in [6, 6.07) is 15.4. The van der Waals surface area contributed by atoms with Gasteiger partial charge in [-0.1, -0.05) is 36.4 Å². The van der Waals surface area contributed by atoms with Crippen LogP contribution < -0.4 is 9.47 Å². The summed E-state index contributed by atoms with van der Waals surface area (Å²) in [5.74, 6) is 1.30. The van der Waals surface area contributed by atoms with Gasteiger partial charge in [-0.15, -0.1) is 0 Å². The highest BCUT2D eigenvalue weighted by Crippen LogP contribution is 2.33. The van der Waals surface area contributed by atoms with Crippen LogP contribution in [-0.4, -0.2) is 44.4 Å². The van der Waals surface area contributed by atoms with E-state index >= 15 is 0 Å². The third kappa shape index (κ3) is 4.95. The molecule has 1 aliphatic rings. The molecule has 1 aliphatic heterocycles. The van der Waals surface area contributed by atoms with E-state index in [4.69, 9.17) is 18.9 Å². The molecule has 2 aromatic rings. The van der Waals surface area contributed by atoms with Gasteiger partial charge in [0.2, 0.25) is 0 Å². The Hall–Kier alpha value is -2.73. The fourth-order valence-electron chi connectivity index (χ4n) is 3.23. The van der Waals surface area contributed by atoms with Gasteiger partial charge in [0.25, 0.3) is 0 Å². The van der Waals surface area contributed by atoms with E-state index in [2.05, 4.69) is 0 Å². The third-order valence-corrected chi connectivity index (χ3v) is 4.83. The molecule has 6 nitrogen and oxygen atoms in total. The second-order valence-electron chi connectivity index (χ2n) is 6.82. The number of methoxy groups -OCH3 is 2. The van der Waals surface area contributed by atoms with Crippen LogP contribution >= 0.6 is 0 Å². The van der Waals surface area contributed by atoms with Gasteiger partial charge in [0.05, 0.1) is 26.9 Å². The summed E-state index contributed by atoms with van der Waals surface area (Å²) >= 11 is 0. The van der Waals surface area contributed by atoms with E-state index in [1.54, 1.807) is 19.1 Å². The van der Waals surface area contributed by atoms with Gasteiger partial charge >= 0.3 is 6.09 Å². The minimum Gasteiger partial charge on any atom is -0.493 e. The fourth-order valence-corrected chi connectivity index (χ4v) is 3.23. The molecule has 0 unspecified atom stereocenters. The van der Waals surface area contributed by atoms with Crippen molar-refractivity contribution in [3.8, 4) is 11.5 Å². The number of rotatable bonds is 5. The van der Waals surface area contributed by atoms with E-state index in [0.29, 0.717) is 24.6 Å². The summed E-state index contributed by atoms with van der Waals surface area (Å²) in [6.45, 7) is 3.30. The number of nitrogens with zero attached hydrogens (tertiary/aromatic N) is 1. The molecule has 6 heteroatoms. The molecule has 0 saturated carbocycles. The molecule has 0 aromatic heterocycles. The molecule has 1 fully saturated rings. The molecular formula is C22H27NO5. The molecular weight excluding hydrogens is 358 g/mol. The van der Waals surface area contributed by atoms with Crippen molar-refractivity contribution in [2.75, 3.05) is 27.3 Å². The maximum atomic E-state index is 12.6. The van der Waals surface area contributed by atoms with E-state index in [1.165, 1.54) is 0 Å².